The predicted octanol–water partition coefficient (Wildman–Crippen LogP) is 3.51. The predicted molar refractivity (Wildman–Crippen MR) is 111 cm³/mol. The van der Waals surface area contributed by atoms with Gasteiger partial charge in [0.05, 0.1) is 12.7 Å². The standard InChI is InChI=1S/C22H27ClN2O3/c1-22(2,28-19-10-8-18(23)9-11-19)21(26)24-14-20-16-25(12-13-27-20)15-17-6-4-3-5-7-17/h3-11,20H,12-16H2,1-2H3,(H,24,26)/t20-/m0/s1. The molecule has 1 N–H and O–H groups in total. The summed E-state index contributed by atoms with van der Waals surface area (Å²) in [5.41, 5.74) is 0.288. The molecule has 0 saturated carbocycles. The lowest BCUT2D eigenvalue weighted by Gasteiger charge is -2.34. The van der Waals surface area contributed by atoms with Crippen molar-refractivity contribution < 1.29 is 14.3 Å². The summed E-state index contributed by atoms with van der Waals surface area (Å²) in [6, 6.07) is 17.4. The second-order valence-corrected chi connectivity index (χ2v) is 7.93. The molecule has 1 atom stereocenters. The number of rotatable bonds is 7. The third kappa shape index (κ3) is 5.96. The van der Waals surface area contributed by atoms with E-state index in [-0.39, 0.29) is 12.0 Å². The van der Waals surface area contributed by atoms with Gasteiger partial charge in [-0.05, 0) is 43.7 Å². The number of benzene rings is 2. The summed E-state index contributed by atoms with van der Waals surface area (Å²) in [5.74, 6) is 0.429. The van der Waals surface area contributed by atoms with Crippen molar-refractivity contribution in [2.45, 2.75) is 32.1 Å². The molecule has 1 amide bonds. The van der Waals surface area contributed by atoms with Crippen LogP contribution in [0.2, 0.25) is 5.02 Å². The largest absolute Gasteiger partial charge is 0.478 e. The quantitative estimate of drug-likeness (QED) is 0.769. The van der Waals surface area contributed by atoms with Crippen LogP contribution in [0, 0.1) is 0 Å². The molecule has 2 aromatic rings. The van der Waals surface area contributed by atoms with Crippen molar-refractivity contribution in [3.05, 3.63) is 65.2 Å². The van der Waals surface area contributed by atoms with Gasteiger partial charge >= 0.3 is 0 Å². The molecule has 1 fully saturated rings. The Kier molecular flexibility index (Phi) is 6.94. The van der Waals surface area contributed by atoms with Crippen molar-refractivity contribution >= 4 is 17.5 Å². The molecule has 0 unspecified atom stereocenters. The monoisotopic (exact) mass is 402 g/mol. The van der Waals surface area contributed by atoms with E-state index in [0.717, 1.165) is 19.6 Å². The maximum atomic E-state index is 12.6. The van der Waals surface area contributed by atoms with Crippen LogP contribution in [0.1, 0.15) is 19.4 Å². The number of nitrogens with one attached hydrogen (secondary N) is 1. The minimum atomic E-state index is -0.994. The second kappa shape index (κ2) is 9.41. The maximum Gasteiger partial charge on any atom is 0.263 e. The van der Waals surface area contributed by atoms with Crippen LogP contribution >= 0.6 is 11.6 Å². The summed E-state index contributed by atoms with van der Waals surface area (Å²) in [4.78, 5) is 15.0. The summed E-state index contributed by atoms with van der Waals surface area (Å²) >= 11 is 5.89. The van der Waals surface area contributed by atoms with Gasteiger partial charge in [-0.1, -0.05) is 41.9 Å². The average molecular weight is 403 g/mol. The number of carbonyl (C=O) groups is 1. The van der Waals surface area contributed by atoms with Gasteiger partial charge in [0.15, 0.2) is 5.60 Å². The number of nitrogens with zero attached hydrogens (tertiary/aromatic N) is 1. The molecule has 28 heavy (non-hydrogen) atoms. The summed E-state index contributed by atoms with van der Waals surface area (Å²) in [6.45, 7) is 7.19. The molecule has 6 heteroatoms. The van der Waals surface area contributed by atoms with E-state index >= 15 is 0 Å². The van der Waals surface area contributed by atoms with Crippen molar-refractivity contribution in [3.8, 4) is 5.75 Å². The molecule has 5 nitrogen and oxygen atoms in total. The van der Waals surface area contributed by atoms with E-state index in [9.17, 15) is 4.79 Å². The van der Waals surface area contributed by atoms with Gasteiger partial charge in [-0.3, -0.25) is 9.69 Å². The highest BCUT2D eigenvalue weighted by Crippen LogP contribution is 2.21. The molecule has 0 aromatic heterocycles. The zero-order chi connectivity index (χ0) is 20.0. The van der Waals surface area contributed by atoms with E-state index in [0.29, 0.717) is 23.9 Å². The van der Waals surface area contributed by atoms with Gasteiger partial charge in [0.2, 0.25) is 0 Å². The van der Waals surface area contributed by atoms with E-state index in [1.807, 2.05) is 6.07 Å². The van der Waals surface area contributed by atoms with Crippen LogP contribution in [-0.2, 0) is 16.1 Å². The van der Waals surface area contributed by atoms with E-state index in [4.69, 9.17) is 21.1 Å². The molecule has 0 spiro atoms. The fourth-order valence-electron chi connectivity index (χ4n) is 3.15. The number of ether oxygens (including phenoxy) is 2. The Bertz CT molecular complexity index is 765. The molecule has 0 bridgehead atoms. The Hall–Kier alpha value is -2.08. The van der Waals surface area contributed by atoms with Gasteiger partial charge in [0.1, 0.15) is 5.75 Å². The van der Waals surface area contributed by atoms with Crippen LogP contribution in [0.25, 0.3) is 0 Å². The Morgan fingerprint density at radius 1 is 1.21 bits per heavy atom. The van der Waals surface area contributed by atoms with E-state index < -0.39 is 5.60 Å². The molecular weight excluding hydrogens is 376 g/mol. The van der Waals surface area contributed by atoms with Gasteiger partial charge in [-0.25, -0.2) is 0 Å². The molecular formula is C22H27ClN2O3. The number of amides is 1. The van der Waals surface area contributed by atoms with Crippen LogP contribution in [0.3, 0.4) is 0 Å². The Balaban J connectivity index is 1.48. The molecule has 1 saturated heterocycles. The molecule has 150 valence electrons. The van der Waals surface area contributed by atoms with Crippen molar-refractivity contribution in [1.82, 2.24) is 10.2 Å². The van der Waals surface area contributed by atoms with Crippen LogP contribution < -0.4 is 10.1 Å². The topological polar surface area (TPSA) is 50.8 Å². The minimum Gasteiger partial charge on any atom is -0.478 e. The molecule has 1 aliphatic heterocycles. The lowest BCUT2D eigenvalue weighted by Crippen LogP contribution is -2.52. The number of hydrogen-bond donors (Lipinski definition) is 1. The molecule has 1 aliphatic rings. The van der Waals surface area contributed by atoms with Gasteiger partial charge in [0.25, 0.3) is 5.91 Å². The van der Waals surface area contributed by atoms with E-state index in [1.165, 1.54) is 5.56 Å². The third-order valence-corrected chi connectivity index (χ3v) is 4.95. The summed E-state index contributed by atoms with van der Waals surface area (Å²) in [6.07, 6.45) is -0.0345. The van der Waals surface area contributed by atoms with Gasteiger partial charge in [0, 0.05) is 31.2 Å². The fourth-order valence-corrected chi connectivity index (χ4v) is 3.28. The van der Waals surface area contributed by atoms with Crippen molar-refractivity contribution in [2.75, 3.05) is 26.2 Å². The number of carbonyl (C=O) groups excluding carboxylic acids is 1. The van der Waals surface area contributed by atoms with Crippen LogP contribution in [-0.4, -0.2) is 48.8 Å². The number of morpholine rings is 1. The third-order valence-electron chi connectivity index (χ3n) is 4.70. The van der Waals surface area contributed by atoms with Crippen molar-refractivity contribution in [3.63, 3.8) is 0 Å². The first-order chi connectivity index (χ1) is 13.4. The van der Waals surface area contributed by atoms with E-state index in [2.05, 4.69) is 34.5 Å². The Morgan fingerprint density at radius 3 is 2.64 bits per heavy atom. The van der Waals surface area contributed by atoms with E-state index in [1.54, 1.807) is 38.1 Å². The zero-order valence-corrected chi connectivity index (χ0v) is 17.1. The summed E-state index contributed by atoms with van der Waals surface area (Å²) < 4.78 is 11.7. The first-order valence-corrected chi connectivity index (χ1v) is 9.91. The highest BCUT2D eigenvalue weighted by molar-refractivity contribution is 6.30. The van der Waals surface area contributed by atoms with Crippen LogP contribution in [0.4, 0.5) is 0 Å². The van der Waals surface area contributed by atoms with Crippen LogP contribution in [0.5, 0.6) is 5.75 Å². The highest BCUT2D eigenvalue weighted by atomic mass is 35.5. The molecule has 3 rings (SSSR count). The second-order valence-electron chi connectivity index (χ2n) is 7.49. The van der Waals surface area contributed by atoms with Crippen LogP contribution in [0.15, 0.2) is 54.6 Å². The fraction of sp³-hybridized carbons (Fsp3) is 0.409. The average Bonchev–Trinajstić information content (AvgIpc) is 2.69. The summed E-state index contributed by atoms with van der Waals surface area (Å²) in [7, 11) is 0. The lowest BCUT2D eigenvalue weighted by atomic mass is 10.1. The Labute approximate surface area is 171 Å². The van der Waals surface area contributed by atoms with Gasteiger partial charge in [-0.2, -0.15) is 0 Å². The number of halogens is 1. The highest BCUT2D eigenvalue weighted by Gasteiger charge is 2.31. The molecule has 1 heterocycles. The van der Waals surface area contributed by atoms with Crippen molar-refractivity contribution in [1.29, 1.82) is 0 Å². The summed E-state index contributed by atoms with van der Waals surface area (Å²) in [5, 5.41) is 3.60. The lowest BCUT2D eigenvalue weighted by molar-refractivity contribution is -0.135. The molecule has 0 radical (unpaired) electrons. The normalized spacial score (nSPS) is 17.9. The smallest absolute Gasteiger partial charge is 0.263 e. The number of hydrogen-bond acceptors (Lipinski definition) is 4. The zero-order valence-electron chi connectivity index (χ0n) is 16.4. The SMILES string of the molecule is CC(C)(Oc1ccc(Cl)cc1)C(=O)NC[C@H]1CN(Cc2ccccc2)CCO1. The molecule has 0 aliphatic carbocycles. The first-order valence-electron chi connectivity index (χ1n) is 9.53. The minimum absolute atomic E-state index is 0.0345. The van der Waals surface area contributed by atoms with Gasteiger partial charge < -0.3 is 14.8 Å². The molecule has 2 aromatic carbocycles. The Morgan fingerprint density at radius 2 is 1.93 bits per heavy atom. The van der Waals surface area contributed by atoms with Gasteiger partial charge in [-0.15, -0.1) is 0 Å². The van der Waals surface area contributed by atoms with Crippen molar-refractivity contribution in [2.24, 2.45) is 0 Å². The first kappa shape index (κ1) is 20.6. The maximum absolute atomic E-state index is 12.6.